The van der Waals surface area contributed by atoms with Crippen LogP contribution in [0.5, 0.6) is 0 Å². The summed E-state index contributed by atoms with van der Waals surface area (Å²) in [7, 11) is 1.62. The Bertz CT molecular complexity index is 773. The lowest BCUT2D eigenvalue weighted by atomic mass is 9.84. The Balaban J connectivity index is 0.00000392. The number of nitrogens with zero attached hydrogens (tertiary/aromatic N) is 2. The molecule has 4 nitrogen and oxygen atoms in total. The van der Waals surface area contributed by atoms with Gasteiger partial charge in [0, 0.05) is 37.4 Å². The van der Waals surface area contributed by atoms with Crippen LogP contribution in [0, 0.1) is 5.82 Å². The van der Waals surface area contributed by atoms with Crippen LogP contribution in [0.25, 0.3) is 0 Å². The normalized spacial score (nSPS) is 12.5. The Morgan fingerprint density at radius 2 is 1.79 bits per heavy atom. The fourth-order valence-corrected chi connectivity index (χ4v) is 3.18. The maximum Gasteiger partial charge on any atom is 0.434 e. The first-order valence-electron chi connectivity index (χ1n) is 8.34. The molecule has 0 bridgehead atoms. The summed E-state index contributed by atoms with van der Waals surface area (Å²) >= 11 is 0.990. The smallest absolute Gasteiger partial charge is 0.356 e. The van der Waals surface area contributed by atoms with Gasteiger partial charge in [-0.3, -0.25) is 4.99 Å². The summed E-state index contributed by atoms with van der Waals surface area (Å²) in [6.07, 6.45) is -4.05. The molecular formula is C18H23F4IN4S. The van der Waals surface area contributed by atoms with Gasteiger partial charge < -0.3 is 10.6 Å². The Morgan fingerprint density at radius 3 is 2.32 bits per heavy atom. The van der Waals surface area contributed by atoms with E-state index < -0.39 is 11.9 Å². The second kappa shape index (κ2) is 10.4. The Kier molecular flexibility index (Phi) is 9.12. The van der Waals surface area contributed by atoms with E-state index in [0.29, 0.717) is 30.5 Å². The molecule has 10 heteroatoms. The van der Waals surface area contributed by atoms with Crippen LogP contribution >= 0.6 is 35.3 Å². The second-order valence-corrected chi connectivity index (χ2v) is 7.56. The molecule has 0 atom stereocenters. The minimum Gasteiger partial charge on any atom is -0.356 e. The molecule has 0 aliphatic rings. The first-order chi connectivity index (χ1) is 12.6. The number of nitrogens with one attached hydrogen (secondary N) is 2. The van der Waals surface area contributed by atoms with Gasteiger partial charge in [0.15, 0.2) is 11.7 Å². The summed E-state index contributed by atoms with van der Waals surface area (Å²) in [5.74, 6) is 0.258. The topological polar surface area (TPSA) is 49.3 Å². The molecule has 156 valence electrons. The van der Waals surface area contributed by atoms with Gasteiger partial charge in [0.25, 0.3) is 0 Å². The molecule has 0 amide bonds. The quantitative estimate of drug-likeness (QED) is 0.249. The summed E-state index contributed by atoms with van der Waals surface area (Å²) in [6.45, 7) is 5.00. The average Bonchev–Trinajstić information content (AvgIpc) is 3.07. The highest BCUT2D eigenvalue weighted by atomic mass is 127. The zero-order chi connectivity index (χ0) is 20.1. The van der Waals surface area contributed by atoms with Gasteiger partial charge in [0.2, 0.25) is 0 Å². The fourth-order valence-electron chi connectivity index (χ4n) is 2.37. The van der Waals surface area contributed by atoms with Crippen LogP contribution in [-0.2, 0) is 18.0 Å². The molecule has 0 fully saturated rings. The SMILES string of the molecule is CN=C(NCCc1nc(C(F)(F)F)cs1)NCC(C)(C)c1ccc(F)cc1.I. The highest BCUT2D eigenvalue weighted by Crippen LogP contribution is 2.30. The van der Waals surface area contributed by atoms with Crippen molar-refractivity contribution in [2.24, 2.45) is 4.99 Å². The van der Waals surface area contributed by atoms with Gasteiger partial charge >= 0.3 is 6.18 Å². The lowest BCUT2D eigenvalue weighted by molar-refractivity contribution is -0.140. The minimum atomic E-state index is -4.41. The number of halogens is 5. The molecule has 1 aromatic carbocycles. The second-order valence-electron chi connectivity index (χ2n) is 6.62. The number of guanidine groups is 1. The molecule has 2 aromatic rings. The minimum absolute atomic E-state index is 0. The van der Waals surface area contributed by atoms with Crippen molar-refractivity contribution in [3.05, 3.63) is 51.7 Å². The van der Waals surface area contributed by atoms with E-state index in [0.717, 1.165) is 22.3 Å². The maximum absolute atomic E-state index is 13.1. The van der Waals surface area contributed by atoms with Gasteiger partial charge in [-0.05, 0) is 17.7 Å². The molecule has 0 aliphatic carbocycles. The summed E-state index contributed by atoms with van der Waals surface area (Å²) in [6, 6.07) is 6.34. The monoisotopic (exact) mass is 530 g/mol. The van der Waals surface area contributed by atoms with Crippen LogP contribution < -0.4 is 10.6 Å². The van der Waals surface area contributed by atoms with E-state index >= 15 is 0 Å². The van der Waals surface area contributed by atoms with Crippen LogP contribution in [-0.4, -0.2) is 31.1 Å². The standard InChI is InChI=1S/C18H22F4N4S.HI/c1-17(2,12-4-6-13(19)7-5-12)11-25-16(23-3)24-9-8-15-26-14(10-27-15)18(20,21)22;/h4-7,10H,8-9,11H2,1-3H3,(H2,23,24,25);1H. The molecule has 2 N–H and O–H groups in total. The predicted octanol–water partition coefficient (Wildman–Crippen LogP) is 4.60. The van der Waals surface area contributed by atoms with Gasteiger partial charge in [0.05, 0.1) is 5.01 Å². The van der Waals surface area contributed by atoms with Crippen LogP contribution in [0.2, 0.25) is 0 Å². The van der Waals surface area contributed by atoms with Crippen LogP contribution in [0.3, 0.4) is 0 Å². The van der Waals surface area contributed by atoms with Crippen LogP contribution in [0.1, 0.15) is 30.1 Å². The summed E-state index contributed by atoms with van der Waals surface area (Å²) in [5, 5.41) is 7.69. The highest BCUT2D eigenvalue weighted by molar-refractivity contribution is 14.0. The predicted molar refractivity (Wildman–Crippen MR) is 115 cm³/mol. The Hall–Kier alpha value is -1.43. The maximum atomic E-state index is 13.1. The Morgan fingerprint density at radius 1 is 1.14 bits per heavy atom. The summed E-state index contributed by atoms with van der Waals surface area (Å²) in [5.41, 5.74) is -0.136. The highest BCUT2D eigenvalue weighted by Gasteiger charge is 2.33. The number of aromatic nitrogens is 1. The van der Waals surface area contributed by atoms with Crippen molar-refractivity contribution < 1.29 is 17.6 Å². The third kappa shape index (κ3) is 7.19. The van der Waals surface area contributed by atoms with Crippen molar-refractivity contribution >= 4 is 41.3 Å². The van der Waals surface area contributed by atoms with Gasteiger partial charge in [-0.25, -0.2) is 9.37 Å². The molecule has 0 unspecified atom stereocenters. The molecule has 2 rings (SSSR count). The average molecular weight is 530 g/mol. The molecule has 0 saturated heterocycles. The van der Waals surface area contributed by atoms with Crippen LogP contribution in [0.15, 0.2) is 34.6 Å². The number of hydrogen-bond acceptors (Lipinski definition) is 3. The summed E-state index contributed by atoms with van der Waals surface area (Å²) < 4.78 is 50.8. The molecule has 0 aliphatic heterocycles. The molecular weight excluding hydrogens is 507 g/mol. The number of thiazole rings is 1. The van der Waals surface area contributed by atoms with Crippen molar-refractivity contribution in [2.75, 3.05) is 20.1 Å². The van der Waals surface area contributed by atoms with Gasteiger partial charge in [-0.1, -0.05) is 26.0 Å². The molecule has 1 heterocycles. The van der Waals surface area contributed by atoms with E-state index in [4.69, 9.17) is 0 Å². The zero-order valence-electron chi connectivity index (χ0n) is 15.7. The van der Waals surface area contributed by atoms with E-state index in [1.54, 1.807) is 19.2 Å². The van der Waals surface area contributed by atoms with Crippen molar-refractivity contribution in [1.29, 1.82) is 0 Å². The molecule has 28 heavy (non-hydrogen) atoms. The lowest BCUT2D eigenvalue weighted by Gasteiger charge is -2.26. The third-order valence-electron chi connectivity index (χ3n) is 4.02. The van der Waals surface area contributed by atoms with Crippen molar-refractivity contribution in [2.45, 2.75) is 31.9 Å². The van der Waals surface area contributed by atoms with Gasteiger partial charge in [-0.15, -0.1) is 35.3 Å². The van der Waals surface area contributed by atoms with Crippen molar-refractivity contribution in [1.82, 2.24) is 15.6 Å². The first-order valence-corrected chi connectivity index (χ1v) is 9.22. The molecule has 0 spiro atoms. The largest absolute Gasteiger partial charge is 0.434 e. The number of rotatable bonds is 6. The third-order valence-corrected chi connectivity index (χ3v) is 4.93. The molecule has 0 saturated carbocycles. The van der Waals surface area contributed by atoms with E-state index in [2.05, 4.69) is 20.6 Å². The Labute approximate surface area is 182 Å². The van der Waals surface area contributed by atoms with Gasteiger partial charge in [-0.2, -0.15) is 13.2 Å². The molecule has 0 radical (unpaired) electrons. The number of aliphatic imine (C=N–C) groups is 1. The van der Waals surface area contributed by atoms with E-state index in [1.807, 2.05) is 13.8 Å². The van der Waals surface area contributed by atoms with E-state index in [1.165, 1.54) is 12.1 Å². The van der Waals surface area contributed by atoms with Crippen molar-refractivity contribution in [3.63, 3.8) is 0 Å². The molecule has 1 aromatic heterocycles. The zero-order valence-corrected chi connectivity index (χ0v) is 18.9. The van der Waals surface area contributed by atoms with Crippen molar-refractivity contribution in [3.8, 4) is 0 Å². The summed E-state index contributed by atoms with van der Waals surface area (Å²) in [4.78, 5) is 7.71. The lowest BCUT2D eigenvalue weighted by Crippen LogP contribution is -2.44. The first kappa shape index (κ1) is 24.6. The van der Waals surface area contributed by atoms with Crippen LogP contribution in [0.4, 0.5) is 17.6 Å². The number of benzene rings is 1. The fraction of sp³-hybridized carbons (Fsp3) is 0.444. The number of hydrogen-bond donors (Lipinski definition) is 2. The van der Waals surface area contributed by atoms with Gasteiger partial charge in [0.1, 0.15) is 5.82 Å². The van der Waals surface area contributed by atoms with E-state index in [9.17, 15) is 17.6 Å². The van der Waals surface area contributed by atoms with E-state index in [-0.39, 0.29) is 35.2 Å². The number of alkyl halides is 3.